The molecule has 0 atom stereocenters. The van der Waals surface area contributed by atoms with Gasteiger partial charge in [0.05, 0.1) is 0 Å². The first kappa shape index (κ1) is 14.9. The highest BCUT2D eigenvalue weighted by Crippen LogP contribution is 2.07. The standard InChI is InChI=1S/C16H25NO/c1-14(2)9-10-16(18)11-12-17(3)13-15-7-5-4-6-8-15/h4-8,14H,9-13H2,1-3H3. The molecule has 0 bridgehead atoms. The van der Waals surface area contributed by atoms with Crippen molar-refractivity contribution in [3.05, 3.63) is 35.9 Å². The van der Waals surface area contributed by atoms with Gasteiger partial charge in [-0.1, -0.05) is 44.2 Å². The maximum absolute atomic E-state index is 11.7. The van der Waals surface area contributed by atoms with E-state index in [0.29, 0.717) is 18.1 Å². The third-order valence-corrected chi connectivity index (χ3v) is 3.07. The highest BCUT2D eigenvalue weighted by molar-refractivity contribution is 5.78. The van der Waals surface area contributed by atoms with Crippen molar-refractivity contribution in [1.82, 2.24) is 4.90 Å². The second-order valence-electron chi connectivity index (χ2n) is 5.44. The summed E-state index contributed by atoms with van der Waals surface area (Å²) >= 11 is 0. The number of nitrogens with zero attached hydrogens (tertiary/aromatic N) is 1. The zero-order chi connectivity index (χ0) is 13.4. The van der Waals surface area contributed by atoms with Crippen LogP contribution < -0.4 is 0 Å². The van der Waals surface area contributed by atoms with Crippen molar-refractivity contribution in [2.45, 2.75) is 39.7 Å². The first-order chi connectivity index (χ1) is 8.58. The highest BCUT2D eigenvalue weighted by Gasteiger charge is 2.06. The van der Waals surface area contributed by atoms with Crippen molar-refractivity contribution < 1.29 is 4.79 Å². The molecular weight excluding hydrogens is 222 g/mol. The number of ketones is 1. The van der Waals surface area contributed by atoms with Crippen molar-refractivity contribution in [1.29, 1.82) is 0 Å². The predicted octanol–water partition coefficient (Wildman–Crippen LogP) is 3.51. The molecule has 1 rings (SSSR count). The van der Waals surface area contributed by atoms with E-state index in [1.54, 1.807) is 0 Å². The predicted molar refractivity (Wildman–Crippen MR) is 76.5 cm³/mol. The minimum atomic E-state index is 0.392. The molecule has 0 aliphatic carbocycles. The van der Waals surface area contributed by atoms with Crippen molar-refractivity contribution in [2.24, 2.45) is 5.92 Å². The van der Waals surface area contributed by atoms with Crippen LogP contribution in [0.4, 0.5) is 0 Å². The molecule has 0 saturated heterocycles. The Morgan fingerprint density at radius 2 is 1.83 bits per heavy atom. The normalized spacial score (nSPS) is 11.2. The van der Waals surface area contributed by atoms with Gasteiger partial charge in [0.2, 0.25) is 0 Å². The Morgan fingerprint density at radius 3 is 2.44 bits per heavy atom. The fourth-order valence-corrected chi connectivity index (χ4v) is 1.86. The number of rotatable bonds is 8. The van der Waals surface area contributed by atoms with Crippen molar-refractivity contribution in [3.63, 3.8) is 0 Å². The van der Waals surface area contributed by atoms with E-state index in [9.17, 15) is 4.79 Å². The van der Waals surface area contributed by atoms with Gasteiger partial charge < -0.3 is 4.90 Å². The van der Waals surface area contributed by atoms with E-state index in [2.05, 4.69) is 50.1 Å². The molecule has 0 aliphatic heterocycles. The van der Waals surface area contributed by atoms with E-state index in [0.717, 1.165) is 25.9 Å². The van der Waals surface area contributed by atoms with Gasteiger partial charge in [0, 0.05) is 25.9 Å². The SMILES string of the molecule is CC(C)CCC(=O)CCN(C)Cc1ccccc1. The zero-order valence-corrected chi connectivity index (χ0v) is 11.9. The summed E-state index contributed by atoms with van der Waals surface area (Å²) in [4.78, 5) is 13.9. The first-order valence-electron chi connectivity index (χ1n) is 6.82. The minimum absolute atomic E-state index is 0.392. The summed E-state index contributed by atoms with van der Waals surface area (Å²) in [7, 11) is 2.07. The molecule has 0 aromatic heterocycles. The number of carbonyl (C=O) groups excluding carboxylic acids is 1. The average Bonchev–Trinajstić information content (AvgIpc) is 2.35. The van der Waals surface area contributed by atoms with Gasteiger partial charge in [-0.3, -0.25) is 4.79 Å². The lowest BCUT2D eigenvalue weighted by Gasteiger charge is -2.16. The number of benzene rings is 1. The Kier molecular flexibility index (Phi) is 6.66. The molecule has 1 aromatic rings. The van der Waals surface area contributed by atoms with E-state index in [1.807, 2.05) is 6.07 Å². The fraction of sp³-hybridized carbons (Fsp3) is 0.562. The topological polar surface area (TPSA) is 20.3 Å². The lowest BCUT2D eigenvalue weighted by atomic mass is 10.0. The minimum Gasteiger partial charge on any atom is -0.302 e. The van der Waals surface area contributed by atoms with E-state index in [1.165, 1.54) is 5.56 Å². The summed E-state index contributed by atoms with van der Waals surface area (Å²) in [6.45, 7) is 6.09. The number of carbonyl (C=O) groups is 1. The molecule has 0 amide bonds. The zero-order valence-electron chi connectivity index (χ0n) is 11.9. The first-order valence-corrected chi connectivity index (χ1v) is 6.82. The van der Waals surface area contributed by atoms with Crippen LogP contribution in [0, 0.1) is 5.92 Å². The monoisotopic (exact) mass is 247 g/mol. The van der Waals surface area contributed by atoms with Crippen LogP contribution in [-0.2, 0) is 11.3 Å². The van der Waals surface area contributed by atoms with Crippen LogP contribution in [0.5, 0.6) is 0 Å². The van der Waals surface area contributed by atoms with Gasteiger partial charge in [-0.2, -0.15) is 0 Å². The maximum Gasteiger partial charge on any atom is 0.134 e. The lowest BCUT2D eigenvalue weighted by molar-refractivity contribution is -0.119. The van der Waals surface area contributed by atoms with Crippen LogP contribution in [0.3, 0.4) is 0 Å². The molecule has 0 aliphatic rings. The lowest BCUT2D eigenvalue weighted by Crippen LogP contribution is -2.21. The number of Topliss-reactive ketones (excluding diaryl/α,β-unsaturated/α-hetero) is 1. The van der Waals surface area contributed by atoms with Crippen LogP contribution in [0.25, 0.3) is 0 Å². The molecule has 0 spiro atoms. The Balaban J connectivity index is 2.21. The number of hydrogen-bond donors (Lipinski definition) is 0. The third-order valence-electron chi connectivity index (χ3n) is 3.07. The Bertz CT molecular complexity index is 345. The van der Waals surface area contributed by atoms with Crippen LogP contribution >= 0.6 is 0 Å². The summed E-state index contributed by atoms with van der Waals surface area (Å²) in [6, 6.07) is 10.4. The van der Waals surface area contributed by atoms with Gasteiger partial charge in [-0.15, -0.1) is 0 Å². The molecule has 0 radical (unpaired) electrons. The Morgan fingerprint density at radius 1 is 1.17 bits per heavy atom. The second-order valence-corrected chi connectivity index (χ2v) is 5.44. The van der Waals surface area contributed by atoms with E-state index in [-0.39, 0.29) is 0 Å². The van der Waals surface area contributed by atoms with Crippen LogP contribution in [0.15, 0.2) is 30.3 Å². The van der Waals surface area contributed by atoms with Gasteiger partial charge in [0.15, 0.2) is 0 Å². The van der Waals surface area contributed by atoms with E-state index >= 15 is 0 Å². The van der Waals surface area contributed by atoms with Crippen molar-refractivity contribution >= 4 is 5.78 Å². The maximum atomic E-state index is 11.7. The number of hydrogen-bond acceptors (Lipinski definition) is 2. The van der Waals surface area contributed by atoms with E-state index in [4.69, 9.17) is 0 Å². The van der Waals surface area contributed by atoms with Gasteiger partial charge >= 0.3 is 0 Å². The summed E-state index contributed by atoms with van der Waals surface area (Å²) in [5.41, 5.74) is 1.30. The van der Waals surface area contributed by atoms with Crippen molar-refractivity contribution in [3.8, 4) is 0 Å². The van der Waals surface area contributed by atoms with Gasteiger partial charge in [0.1, 0.15) is 5.78 Å². The summed E-state index contributed by atoms with van der Waals surface area (Å²) in [5.74, 6) is 1.01. The summed E-state index contributed by atoms with van der Waals surface area (Å²) in [5, 5.41) is 0. The molecule has 18 heavy (non-hydrogen) atoms. The van der Waals surface area contributed by atoms with Gasteiger partial charge in [0.25, 0.3) is 0 Å². The molecule has 0 N–H and O–H groups in total. The quantitative estimate of drug-likeness (QED) is 0.700. The molecule has 100 valence electrons. The fourth-order valence-electron chi connectivity index (χ4n) is 1.86. The summed E-state index contributed by atoms with van der Waals surface area (Å²) < 4.78 is 0. The average molecular weight is 247 g/mol. The second kappa shape index (κ2) is 8.04. The molecule has 0 fully saturated rings. The van der Waals surface area contributed by atoms with Gasteiger partial charge in [-0.25, -0.2) is 0 Å². The van der Waals surface area contributed by atoms with Crippen molar-refractivity contribution in [2.75, 3.05) is 13.6 Å². The Labute approximate surface area is 111 Å². The molecule has 0 saturated carbocycles. The third kappa shape index (κ3) is 6.55. The Hall–Kier alpha value is -1.15. The summed E-state index contributed by atoms with van der Waals surface area (Å²) in [6.07, 6.45) is 2.42. The van der Waals surface area contributed by atoms with E-state index < -0.39 is 0 Å². The molecular formula is C16H25NO. The van der Waals surface area contributed by atoms with Gasteiger partial charge in [-0.05, 0) is 24.9 Å². The molecule has 0 unspecified atom stereocenters. The largest absolute Gasteiger partial charge is 0.302 e. The molecule has 2 heteroatoms. The molecule has 1 aromatic carbocycles. The van der Waals surface area contributed by atoms with Crippen LogP contribution in [-0.4, -0.2) is 24.3 Å². The molecule has 2 nitrogen and oxygen atoms in total. The van der Waals surface area contributed by atoms with Crippen LogP contribution in [0.1, 0.15) is 38.7 Å². The molecule has 0 heterocycles. The highest BCUT2D eigenvalue weighted by atomic mass is 16.1. The van der Waals surface area contributed by atoms with Crippen LogP contribution in [0.2, 0.25) is 0 Å². The smallest absolute Gasteiger partial charge is 0.134 e.